The molecule has 2 aromatic rings. The normalized spacial score (nSPS) is 10.2. The molecule has 0 atom stereocenters. The third kappa shape index (κ3) is 2.97. The van der Waals surface area contributed by atoms with E-state index < -0.39 is 12.1 Å². The summed E-state index contributed by atoms with van der Waals surface area (Å²) in [5.41, 5.74) is 0.591. The number of fused-ring (bicyclic) bond motifs is 1. The number of ether oxygens (including phenoxy) is 1. The number of carbonyl (C=O) groups excluding carboxylic acids is 1. The standard InChI is InChI=1S/C14H13NO4S/c1-2-7-19-14(18)15-8-10-9-5-3-4-6-11(9)20-12(10)13(16)17/h2-6H,1,7-8H2,(H,15,18)(H,16,17). The van der Waals surface area contributed by atoms with Gasteiger partial charge in [0.25, 0.3) is 0 Å². The SMILES string of the molecule is C=CCOC(=O)NCc1c(C(=O)O)sc2ccccc12. The number of amides is 1. The van der Waals surface area contributed by atoms with E-state index in [-0.39, 0.29) is 18.0 Å². The number of hydrogen-bond acceptors (Lipinski definition) is 4. The van der Waals surface area contributed by atoms with Gasteiger partial charge in [-0.1, -0.05) is 30.9 Å². The van der Waals surface area contributed by atoms with Crippen LogP contribution in [-0.4, -0.2) is 23.8 Å². The fraction of sp³-hybridized carbons (Fsp3) is 0.143. The summed E-state index contributed by atoms with van der Waals surface area (Å²) >= 11 is 1.19. The molecule has 1 amide bonds. The van der Waals surface area contributed by atoms with Gasteiger partial charge in [0.05, 0.1) is 0 Å². The molecule has 0 aliphatic heterocycles. The monoisotopic (exact) mass is 291 g/mol. The Balaban J connectivity index is 2.23. The van der Waals surface area contributed by atoms with Crippen LogP contribution in [0.25, 0.3) is 10.1 Å². The molecule has 2 N–H and O–H groups in total. The smallest absolute Gasteiger partial charge is 0.407 e. The Labute approximate surface area is 119 Å². The maximum absolute atomic E-state index is 11.4. The highest BCUT2D eigenvalue weighted by Gasteiger charge is 2.17. The van der Waals surface area contributed by atoms with Gasteiger partial charge in [-0.15, -0.1) is 11.3 Å². The number of carboxylic acids is 1. The first-order chi connectivity index (χ1) is 9.63. The van der Waals surface area contributed by atoms with E-state index in [1.807, 2.05) is 24.3 Å². The van der Waals surface area contributed by atoms with Gasteiger partial charge in [0, 0.05) is 16.8 Å². The summed E-state index contributed by atoms with van der Waals surface area (Å²) in [4.78, 5) is 22.9. The number of hydrogen-bond donors (Lipinski definition) is 2. The van der Waals surface area contributed by atoms with Crippen LogP contribution in [-0.2, 0) is 11.3 Å². The zero-order chi connectivity index (χ0) is 14.5. The van der Waals surface area contributed by atoms with E-state index in [9.17, 15) is 14.7 Å². The predicted molar refractivity (Wildman–Crippen MR) is 77.2 cm³/mol. The molecule has 0 bridgehead atoms. The number of carboxylic acid groups (broad SMARTS) is 1. The molecular weight excluding hydrogens is 278 g/mol. The highest BCUT2D eigenvalue weighted by molar-refractivity contribution is 7.21. The van der Waals surface area contributed by atoms with E-state index in [1.165, 1.54) is 17.4 Å². The van der Waals surface area contributed by atoms with Crippen molar-refractivity contribution in [2.24, 2.45) is 0 Å². The fourth-order valence-electron chi connectivity index (χ4n) is 1.79. The van der Waals surface area contributed by atoms with E-state index in [1.54, 1.807) is 0 Å². The van der Waals surface area contributed by atoms with Crippen LogP contribution in [0, 0.1) is 0 Å². The zero-order valence-corrected chi connectivity index (χ0v) is 11.4. The Morgan fingerprint density at radius 2 is 2.15 bits per heavy atom. The second-order valence-electron chi connectivity index (χ2n) is 3.95. The van der Waals surface area contributed by atoms with Gasteiger partial charge in [-0.25, -0.2) is 9.59 Å². The maximum atomic E-state index is 11.4. The topological polar surface area (TPSA) is 75.6 Å². The molecule has 0 spiro atoms. The molecule has 0 saturated carbocycles. The van der Waals surface area contributed by atoms with Crippen molar-refractivity contribution in [1.29, 1.82) is 0 Å². The summed E-state index contributed by atoms with van der Waals surface area (Å²) in [6.07, 6.45) is 0.860. The van der Waals surface area contributed by atoms with Crippen LogP contribution in [0.15, 0.2) is 36.9 Å². The van der Waals surface area contributed by atoms with Crippen LogP contribution in [0.2, 0.25) is 0 Å². The molecule has 6 heteroatoms. The average molecular weight is 291 g/mol. The fourth-order valence-corrected chi connectivity index (χ4v) is 2.85. The molecule has 0 saturated heterocycles. The summed E-state index contributed by atoms with van der Waals surface area (Å²) in [5, 5.41) is 12.6. The molecule has 20 heavy (non-hydrogen) atoms. The second-order valence-corrected chi connectivity index (χ2v) is 5.00. The lowest BCUT2D eigenvalue weighted by Gasteiger charge is -2.05. The molecule has 0 unspecified atom stereocenters. The predicted octanol–water partition coefficient (Wildman–Crippen LogP) is 3.01. The van der Waals surface area contributed by atoms with Crippen LogP contribution in [0.4, 0.5) is 4.79 Å². The van der Waals surface area contributed by atoms with Gasteiger partial charge in [0.2, 0.25) is 0 Å². The number of thiophene rings is 1. The molecule has 2 rings (SSSR count). The Morgan fingerprint density at radius 1 is 1.40 bits per heavy atom. The second kappa shape index (κ2) is 6.21. The van der Waals surface area contributed by atoms with Crippen molar-refractivity contribution in [1.82, 2.24) is 5.32 Å². The van der Waals surface area contributed by atoms with Crippen molar-refractivity contribution in [3.8, 4) is 0 Å². The average Bonchev–Trinajstić information content (AvgIpc) is 2.82. The Hall–Kier alpha value is -2.34. The van der Waals surface area contributed by atoms with Gasteiger partial charge in [-0.2, -0.15) is 0 Å². The summed E-state index contributed by atoms with van der Waals surface area (Å²) in [7, 11) is 0. The Morgan fingerprint density at radius 3 is 2.85 bits per heavy atom. The highest BCUT2D eigenvalue weighted by atomic mass is 32.1. The highest BCUT2D eigenvalue weighted by Crippen LogP contribution is 2.31. The van der Waals surface area contributed by atoms with Gasteiger partial charge < -0.3 is 15.2 Å². The zero-order valence-electron chi connectivity index (χ0n) is 10.6. The van der Waals surface area contributed by atoms with Crippen LogP contribution in [0.1, 0.15) is 15.2 Å². The van der Waals surface area contributed by atoms with Crippen molar-refractivity contribution >= 4 is 33.5 Å². The quantitative estimate of drug-likeness (QED) is 0.830. The van der Waals surface area contributed by atoms with Crippen molar-refractivity contribution < 1.29 is 19.4 Å². The third-order valence-corrected chi connectivity index (χ3v) is 3.84. The summed E-state index contributed by atoms with van der Waals surface area (Å²) in [5.74, 6) is -0.998. The van der Waals surface area contributed by atoms with Gasteiger partial charge in [0.15, 0.2) is 0 Å². The Bertz CT molecular complexity index is 662. The molecule has 0 radical (unpaired) electrons. The molecule has 104 valence electrons. The Kier molecular flexibility index (Phi) is 4.37. The first kappa shape index (κ1) is 14.1. The van der Waals surface area contributed by atoms with E-state index in [0.717, 1.165) is 10.1 Å². The van der Waals surface area contributed by atoms with Gasteiger partial charge in [0.1, 0.15) is 11.5 Å². The van der Waals surface area contributed by atoms with E-state index >= 15 is 0 Å². The van der Waals surface area contributed by atoms with Crippen molar-refractivity contribution in [2.75, 3.05) is 6.61 Å². The van der Waals surface area contributed by atoms with Crippen molar-refractivity contribution in [3.63, 3.8) is 0 Å². The molecule has 0 aliphatic carbocycles. The summed E-state index contributed by atoms with van der Waals surface area (Å²) < 4.78 is 5.67. The minimum atomic E-state index is -0.998. The van der Waals surface area contributed by atoms with Crippen LogP contribution in [0.5, 0.6) is 0 Å². The molecular formula is C14H13NO4S. The van der Waals surface area contributed by atoms with Gasteiger partial charge in [-0.3, -0.25) is 0 Å². The largest absolute Gasteiger partial charge is 0.477 e. The molecule has 1 aromatic carbocycles. The summed E-state index contributed by atoms with van der Waals surface area (Å²) in [6, 6.07) is 7.37. The number of carbonyl (C=O) groups is 2. The van der Waals surface area contributed by atoms with Gasteiger partial charge >= 0.3 is 12.1 Å². The lowest BCUT2D eigenvalue weighted by atomic mass is 10.1. The molecule has 0 fully saturated rings. The maximum Gasteiger partial charge on any atom is 0.407 e. The number of nitrogens with one attached hydrogen (secondary N) is 1. The first-order valence-electron chi connectivity index (χ1n) is 5.88. The summed E-state index contributed by atoms with van der Waals surface area (Å²) in [6.45, 7) is 3.67. The third-order valence-electron chi connectivity index (χ3n) is 2.63. The number of rotatable bonds is 5. The molecule has 1 heterocycles. The van der Waals surface area contributed by atoms with Crippen LogP contribution < -0.4 is 5.32 Å². The molecule has 1 aromatic heterocycles. The van der Waals surface area contributed by atoms with Crippen molar-refractivity contribution in [3.05, 3.63) is 47.4 Å². The van der Waals surface area contributed by atoms with Gasteiger partial charge in [-0.05, 0) is 11.5 Å². The minimum absolute atomic E-state index is 0.113. The van der Waals surface area contributed by atoms with Crippen LogP contribution >= 0.6 is 11.3 Å². The molecule has 5 nitrogen and oxygen atoms in total. The number of alkyl carbamates (subject to hydrolysis) is 1. The van der Waals surface area contributed by atoms with E-state index in [0.29, 0.717) is 5.56 Å². The minimum Gasteiger partial charge on any atom is -0.477 e. The lowest BCUT2D eigenvalue weighted by Crippen LogP contribution is -2.24. The van der Waals surface area contributed by atoms with Crippen molar-refractivity contribution in [2.45, 2.75) is 6.54 Å². The van der Waals surface area contributed by atoms with Crippen LogP contribution in [0.3, 0.4) is 0 Å². The van der Waals surface area contributed by atoms with E-state index in [4.69, 9.17) is 4.74 Å². The lowest BCUT2D eigenvalue weighted by molar-refractivity contribution is 0.0700. The number of benzene rings is 1. The first-order valence-corrected chi connectivity index (χ1v) is 6.70. The number of aromatic carboxylic acids is 1. The van der Waals surface area contributed by atoms with E-state index in [2.05, 4.69) is 11.9 Å². The molecule has 0 aliphatic rings.